The fourth-order valence-electron chi connectivity index (χ4n) is 3.40. The monoisotopic (exact) mass is 432 g/mol. The van der Waals surface area contributed by atoms with Gasteiger partial charge in [-0.3, -0.25) is 9.59 Å². The molecule has 2 aliphatic rings. The molecule has 1 atom stereocenters. The minimum absolute atomic E-state index is 0. The van der Waals surface area contributed by atoms with Gasteiger partial charge in [-0.2, -0.15) is 0 Å². The van der Waals surface area contributed by atoms with Crippen LogP contribution in [0.4, 0.5) is 5.69 Å². The van der Waals surface area contributed by atoms with Crippen LogP contribution in [-0.2, 0) is 9.53 Å². The number of hydrogen-bond donors (Lipinski definition) is 2. The summed E-state index contributed by atoms with van der Waals surface area (Å²) < 4.78 is 5.31. The van der Waals surface area contributed by atoms with Gasteiger partial charge in [0.15, 0.2) is 0 Å². The number of ether oxygens (including phenoxy) is 1. The van der Waals surface area contributed by atoms with Crippen LogP contribution in [0, 0.1) is 5.92 Å². The van der Waals surface area contributed by atoms with Crippen molar-refractivity contribution in [2.75, 3.05) is 51.8 Å². The van der Waals surface area contributed by atoms with E-state index in [2.05, 4.69) is 17.3 Å². The van der Waals surface area contributed by atoms with E-state index in [0.29, 0.717) is 24.5 Å². The van der Waals surface area contributed by atoms with Crippen molar-refractivity contribution in [1.29, 1.82) is 0 Å². The summed E-state index contributed by atoms with van der Waals surface area (Å²) in [5.41, 5.74) is 7.39. The zero-order valence-corrected chi connectivity index (χ0v) is 17.8. The number of benzene rings is 1. The molecule has 0 bridgehead atoms. The zero-order valence-electron chi connectivity index (χ0n) is 16.1. The van der Waals surface area contributed by atoms with E-state index in [1.807, 2.05) is 4.90 Å². The van der Waals surface area contributed by atoms with Gasteiger partial charge in [0.2, 0.25) is 5.91 Å². The number of likely N-dealkylation sites (N-methyl/N-ethyl adjacent to an activating group) is 1. The Hall–Kier alpha value is -1.38. The highest BCUT2D eigenvalue weighted by Crippen LogP contribution is 2.19. The first-order valence-corrected chi connectivity index (χ1v) is 9.26. The summed E-state index contributed by atoms with van der Waals surface area (Å²) in [5, 5.41) is 2.85. The van der Waals surface area contributed by atoms with E-state index < -0.39 is 6.04 Å². The van der Waals surface area contributed by atoms with Crippen LogP contribution in [-0.4, -0.2) is 74.1 Å². The highest BCUT2D eigenvalue weighted by molar-refractivity contribution is 5.97. The van der Waals surface area contributed by atoms with Crippen LogP contribution >= 0.6 is 24.8 Å². The quantitative estimate of drug-likeness (QED) is 0.754. The first-order chi connectivity index (χ1) is 12.5. The average molecular weight is 433 g/mol. The van der Waals surface area contributed by atoms with E-state index in [0.717, 1.165) is 39.0 Å². The van der Waals surface area contributed by atoms with Crippen LogP contribution < -0.4 is 11.1 Å². The van der Waals surface area contributed by atoms with Crippen LogP contribution in [0.1, 0.15) is 23.2 Å². The smallest absolute Gasteiger partial charge is 0.253 e. The Morgan fingerprint density at radius 1 is 1.07 bits per heavy atom. The topological polar surface area (TPSA) is 87.9 Å². The van der Waals surface area contributed by atoms with E-state index >= 15 is 0 Å². The van der Waals surface area contributed by atoms with Gasteiger partial charge in [0.1, 0.15) is 0 Å². The Bertz CT molecular complexity index is 631. The predicted molar refractivity (Wildman–Crippen MR) is 114 cm³/mol. The van der Waals surface area contributed by atoms with Crippen LogP contribution in [0.2, 0.25) is 0 Å². The molecule has 1 aromatic rings. The van der Waals surface area contributed by atoms with E-state index in [-0.39, 0.29) is 42.5 Å². The third-order valence-corrected chi connectivity index (χ3v) is 5.27. The molecule has 0 radical (unpaired) electrons. The molecule has 158 valence electrons. The number of halogens is 2. The van der Waals surface area contributed by atoms with Crippen LogP contribution in [0.25, 0.3) is 0 Å². The fourth-order valence-corrected chi connectivity index (χ4v) is 3.40. The lowest BCUT2D eigenvalue weighted by Crippen LogP contribution is -2.47. The molecular formula is C19H30Cl2N4O3. The Labute approximate surface area is 178 Å². The van der Waals surface area contributed by atoms with Crippen molar-refractivity contribution in [2.45, 2.75) is 18.9 Å². The van der Waals surface area contributed by atoms with Gasteiger partial charge in [0.25, 0.3) is 5.91 Å². The number of anilines is 1. The third kappa shape index (κ3) is 6.32. The molecule has 3 rings (SSSR count). The Balaban J connectivity index is 0.00000196. The minimum Gasteiger partial charge on any atom is -0.381 e. The standard InChI is InChI=1S/C19H28N4O3.2ClH/c1-22-8-10-23(11-9-22)19(25)15-2-4-16(5-3-15)21-18(24)17(20)14-6-12-26-13-7-14;;/h2-5,14,17H,6-13,20H2,1H3,(H,21,24);2*1H. The van der Waals surface area contributed by atoms with Crippen molar-refractivity contribution in [3.63, 3.8) is 0 Å². The summed E-state index contributed by atoms with van der Waals surface area (Å²) in [6.45, 7) is 4.60. The highest BCUT2D eigenvalue weighted by atomic mass is 35.5. The fraction of sp³-hybridized carbons (Fsp3) is 0.579. The van der Waals surface area contributed by atoms with Crippen LogP contribution in [0.15, 0.2) is 24.3 Å². The van der Waals surface area contributed by atoms with Crippen molar-refractivity contribution in [1.82, 2.24) is 9.80 Å². The lowest BCUT2D eigenvalue weighted by Gasteiger charge is -2.32. The molecule has 2 fully saturated rings. The number of hydrogen-bond acceptors (Lipinski definition) is 5. The molecule has 3 N–H and O–H groups in total. The molecule has 7 nitrogen and oxygen atoms in total. The molecule has 1 aromatic carbocycles. The second-order valence-electron chi connectivity index (χ2n) is 7.14. The first-order valence-electron chi connectivity index (χ1n) is 9.26. The van der Waals surface area contributed by atoms with Crippen molar-refractivity contribution in [3.8, 4) is 0 Å². The Kier molecular flexibility index (Phi) is 10.2. The maximum absolute atomic E-state index is 12.5. The summed E-state index contributed by atoms with van der Waals surface area (Å²) in [5.74, 6) is 0.00626. The number of nitrogens with one attached hydrogen (secondary N) is 1. The number of rotatable bonds is 4. The van der Waals surface area contributed by atoms with Gasteiger partial charge in [-0.1, -0.05) is 0 Å². The number of nitrogens with zero attached hydrogens (tertiary/aromatic N) is 2. The van der Waals surface area contributed by atoms with Gasteiger partial charge >= 0.3 is 0 Å². The first kappa shape index (κ1) is 24.7. The number of nitrogens with two attached hydrogens (primary N) is 1. The van der Waals surface area contributed by atoms with Crippen LogP contribution in [0.3, 0.4) is 0 Å². The van der Waals surface area contributed by atoms with Gasteiger partial charge in [-0.05, 0) is 50.1 Å². The number of carbonyl (C=O) groups is 2. The molecule has 9 heteroatoms. The van der Waals surface area contributed by atoms with E-state index in [9.17, 15) is 9.59 Å². The molecule has 0 aliphatic carbocycles. The van der Waals surface area contributed by atoms with Gasteiger partial charge in [0, 0.05) is 50.6 Å². The zero-order chi connectivity index (χ0) is 18.5. The molecule has 0 saturated carbocycles. The summed E-state index contributed by atoms with van der Waals surface area (Å²) in [7, 11) is 2.06. The lowest BCUT2D eigenvalue weighted by atomic mass is 9.92. The molecule has 0 aromatic heterocycles. The summed E-state index contributed by atoms with van der Waals surface area (Å²) >= 11 is 0. The molecular weight excluding hydrogens is 403 g/mol. The Morgan fingerprint density at radius 2 is 1.64 bits per heavy atom. The van der Waals surface area contributed by atoms with Gasteiger partial charge in [0.05, 0.1) is 6.04 Å². The van der Waals surface area contributed by atoms with Crippen molar-refractivity contribution >= 4 is 42.3 Å². The number of amides is 2. The molecule has 2 saturated heterocycles. The molecule has 2 heterocycles. The van der Waals surface area contributed by atoms with Gasteiger partial charge in [-0.25, -0.2) is 0 Å². The summed E-state index contributed by atoms with van der Waals surface area (Å²) in [4.78, 5) is 29.0. The van der Waals surface area contributed by atoms with E-state index in [4.69, 9.17) is 10.5 Å². The maximum Gasteiger partial charge on any atom is 0.253 e. The summed E-state index contributed by atoms with van der Waals surface area (Å²) in [6.07, 6.45) is 1.63. The van der Waals surface area contributed by atoms with Crippen molar-refractivity contribution in [2.24, 2.45) is 11.7 Å². The SMILES string of the molecule is CN1CCN(C(=O)c2ccc(NC(=O)C(N)C3CCOCC3)cc2)CC1.Cl.Cl. The number of piperazine rings is 1. The van der Waals surface area contributed by atoms with Gasteiger partial charge in [-0.15, -0.1) is 24.8 Å². The molecule has 28 heavy (non-hydrogen) atoms. The average Bonchev–Trinajstić information content (AvgIpc) is 2.68. The highest BCUT2D eigenvalue weighted by Gasteiger charge is 2.26. The van der Waals surface area contributed by atoms with E-state index in [1.54, 1.807) is 24.3 Å². The van der Waals surface area contributed by atoms with Crippen molar-refractivity contribution < 1.29 is 14.3 Å². The lowest BCUT2D eigenvalue weighted by molar-refractivity contribution is -0.119. The normalized spacial score (nSPS) is 19.1. The number of carbonyl (C=O) groups excluding carboxylic acids is 2. The molecule has 0 spiro atoms. The molecule has 1 unspecified atom stereocenters. The molecule has 2 amide bonds. The largest absolute Gasteiger partial charge is 0.381 e. The third-order valence-electron chi connectivity index (χ3n) is 5.27. The second kappa shape index (κ2) is 11.6. The second-order valence-corrected chi connectivity index (χ2v) is 7.14. The molecule has 2 aliphatic heterocycles. The van der Waals surface area contributed by atoms with Crippen LogP contribution in [0.5, 0.6) is 0 Å². The predicted octanol–water partition coefficient (Wildman–Crippen LogP) is 1.61. The van der Waals surface area contributed by atoms with Gasteiger partial charge < -0.3 is 25.6 Å². The maximum atomic E-state index is 12.5. The summed E-state index contributed by atoms with van der Waals surface area (Å²) in [6, 6.07) is 6.51. The Morgan fingerprint density at radius 3 is 2.21 bits per heavy atom. The van der Waals surface area contributed by atoms with E-state index in [1.165, 1.54) is 0 Å². The minimum atomic E-state index is -0.537. The van der Waals surface area contributed by atoms with Crippen molar-refractivity contribution in [3.05, 3.63) is 29.8 Å².